The second-order valence-corrected chi connectivity index (χ2v) is 9.00. The summed E-state index contributed by atoms with van der Waals surface area (Å²) in [5.41, 5.74) is 7.39. The minimum Gasteiger partial charge on any atom is -0.513 e. The van der Waals surface area contributed by atoms with Crippen LogP contribution in [0.15, 0.2) is 91.2 Å². The standard InChI is InChI=1S/C30H28O4.C3H6O/c1-4-19-8-6-7-9-25(19)24(5-2)22-14-10-20(11-15-22)21-12-16-23(17-13-21)26-29(33)27(31)18(3)28(32)30(26)34;1-3(2)4/h5-17,31-34H,4H2,1-3H3;4H,1H2,2H3/b24-5-;. The quantitative estimate of drug-likeness (QED) is 0.106. The van der Waals surface area contributed by atoms with Crippen LogP contribution in [-0.2, 0) is 6.42 Å². The van der Waals surface area contributed by atoms with Gasteiger partial charge in [0.1, 0.15) is 0 Å². The maximum Gasteiger partial charge on any atom is 0.169 e. The molecular weight excluding hydrogens is 476 g/mol. The summed E-state index contributed by atoms with van der Waals surface area (Å²) < 4.78 is 0. The molecule has 4 aromatic carbocycles. The Labute approximate surface area is 223 Å². The summed E-state index contributed by atoms with van der Waals surface area (Å²) >= 11 is 0. The van der Waals surface area contributed by atoms with Crippen molar-refractivity contribution in [2.24, 2.45) is 0 Å². The first-order valence-electron chi connectivity index (χ1n) is 12.4. The lowest BCUT2D eigenvalue weighted by molar-refractivity contribution is 0.371. The highest BCUT2D eigenvalue weighted by Crippen LogP contribution is 2.50. The minimum atomic E-state index is -0.462. The first kappa shape index (κ1) is 27.9. The van der Waals surface area contributed by atoms with Crippen LogP contribution in [0.2, 0.25) is 0 Å². The fourth-order valence-corrected chi connectivity index (χ4v) is 4.33. The second-order valence-electron chi connectivity index (χ2n) is 9.00. The predicted molar refractivity (Wildman–Crippen MR) is 155 cm³/mol. The average Bonchev–Trinajstić information content (AvgIpc) is 2.92. The van der Waals surface area contributed by atoms with Gasteiger partial charge >= 0.3 is 0 Å². The number of phenolic OH excluding ortho intramolecular Hbond substituents is 4. The van der Waals surface area contributed by atoms with E-state index in [2.05, 4.69) is 75.0 Å². The van der Waals surface area contributed by atoms with Gasteiger partial charge in [0.25, 0.3) is 0 Å². The molecule has 0 radical (unpaired) electrons. The number of aryl methyl sites for hydroxylation is 1. The lowest BCUT2D eigenvalue weighted by Gasteiger charge is -2.14. The third-order valence-corrected chi connectivity index (χ3v) is 6.31. The Morgan fingerprint density at radius 2 is 1.18 bits per heavy atom. The highest BCUT2D eigenvalue weighted by Gasteiger charge is 2.22. The number of benzene rings is 4. The Morgan fingerprint density at radius 1 is 0.737 bits per heavy atom. The summed E-state index contributed by atoms with van der Waals surface area (Å²) in [6.45, 7) is 10.3. The molecular formula is C33H34O5. The lowest BCUT2D eigenvalue weighted by Crippen LogP contribution is -1.94. The van der Waals surface area contributed by atoms with E-state index in [4.69, 9.17) is 5.11 Å². The molecule has 0 saturated carbocycles. The molecule has 0 unspecified atom stereocenters. The number of hydrogen-bond acceptors (Lipinski definition) is 5. The number of hydrogen-bond donors (Lipinski definition) is 5. The Hall–Kier alpha value is -4.64. The van der Waals surface area contributed by atoms with Crippen molar-refractivity contribution in [3.63, 3.8) is 0 Å². The number of aromatic hydroxyl groups is 4. The van der Waals surface area contributed by atoms with Gasteiger partial charge < -0.3 is 25.5 Å². The lowest BCUT2D eigenvalue weighted by atomic mass is 9.91. The van der Waals surface area contributed by atoms with Crippen molar-refractivity contribution < 1.29 is 25.5 Å². The summed E-state index contributed by atoms with van der Waals surface area (Å²) in [5.74, 6) is -1.66. The normalized spacial score (nSPS) is 11.0. The van der Waals surface area contributed by atoms with Crippen LogP contribution in [0.25, 0.3) is 27.8 Å². The van der Waals surface area contributed by atoms with E-state index in [9.17, 15) is 20.4 Å². The number of aliphatic hydroxyl groups excluding tert-OH is 1. The van der Waals surface area contributed by atoms with E-state index in [0.29, 0.717) is 5.56 Å². The predicted octanol–water partition coefficient (Wildman–Crippen LogP) is 8.24. The molecule has 0 aromatic heterocycles. The van der Waals surface area contributed by atoms with Crippen LogP contribution in [0.1, 0.15) is 43.0 Å². The van der Waals surface area contributed by atoms with E-state index in [1.54, 1.807) is 12.1 Å². The smallest absolute Gasteiger partial charge is 0.169 e. The van der Waals surface area contributed by atoms with Crippen molar-refractivity contribution >= 4 is 5.57 Å². The van der Waals surface area contributed by atoms with Gasteiger partial charge in [0.05, 0.1) is 11.3 Å². The molecule has 5 N–H and O–H groups in total. The van der Waals surface area contributed by atoms with Crippen molar-refractivity contribution in [3.8, 4) is 45.3 Å². The Morgan fingerprint density at radius 3 is 1.66 bits per heavy atom. The molecule has 0 spiro atoms. The molecule has 0 heterocycles. The molecule has 0 saturated heterocycles. The van der Waals surface area contributed by atoms with Crippen LogP contribution >= 0.6 is 0 Å². The highest BCUT2D eigenvalue weighted by atomic mass is 16.3. The maximum absolute atomic E-state index is 10.3. The number of rotatable bonds is 5. The van der Waals surface area contributed by atoms with Crippen molar-refractivity contribution in [3.05, 3.63) is 113 Å². The molecule has 0 aliphatic heterocycles. The van der Waals surface area contributed by atoms with Crippen LogP contribution in [0, 0.1) is 6.92 Å². The van der Waals surface area contributed by atoms with Crippen LogP contribution in [0.3, 0.4) is 0 Å². The number of aliphatic hydroxyl groups is 1. The number of allylic oxidation sites excluding steroid dienone is 2. The highest BCUT2D eigenvalue weighted by molar-refractivity contribution is 5.85. The topological polar surface area (TPSA) is 101 Å². The zero-order valence-electron chi connectivity index (χ0n) is 22.2. The minimum absolute atomic E-state index is 0.00480. The second kappa shape index (κ2) is 12.1. The summed E-state index contributed by atoms with van der Waals surface area (Å²) in [6, 6.07) is 24.0. The van der Waals surface area contributed by atoms with Gasteiger partial charge in [-0.05, 0) is 66.1 Å². The summed E-state index contributed by atoms with van der Waals surface area (Å²) in [5, 5.41) is 48.7. The van der Waals surface area contributed by atoms with E-state index >= 15 is 0 Å². The molecule has 5 heteroatoms. The molecule has 0 atom stereocenters. The van der Waals surface area contributed by atoms with Crippen molar-refractivity contribution in [2.45, 2.75) is 34.1 Å². The Balaban J connectivity index is 0.000000934. The molecule has 0 bridgehead atoms. The van der Waals surface area contributed by atoms with Gasteiger partial charge in [-0.1, -0.05) is 92.4 Å². The van der Waals surface area contributed by atoms with Crippen LogP contribution < -0.4 is 0 Å². The third kappa shape index (κ3) is 5.84. The largest absolute Gasteiger partial charge is 0.513 e. The molecule has 38 heavy (non-hydrogen) atoms. The Kier molecular flexibility index (Phi) is 8.87. The summed E-state index contributed by atoms with van der Waals surface area (Å²) in [7, 11) is 0. The molecule has 5 nitrogen and oxygen atoms in total. The summed E-state index contributed by atoms with van der Waals surface area (Å²) in [4.78, 5) is 0. The molecule has 4 aromatic rings. The average molecular weight is 511 g/mol. The van der Waals surface area contributed by atoms with Crippen molar-refractivity contribution in [1.82, 2.24) is 0 Å². The first-order valence-corrected chi connectivity index (χ1v) is 12.4. The third-order valence-electron chi connectivity index (χ3n) is 6.31. The first-order chi connectivity index (χ1) is 18.1. The maximum atomic E-state index is 10.3. The van der Waals surface area contributed by atoms with Crippen molar-refractivity contribution in [1.29, 1.82) is 0 Å². The van der Waals surface area contributed by atoms with Gasteiger partial charge in [0.15, 0.2) is 23.0 Å². The monoisotopic (exact) mass is 510 g/mol. The van der Waals surface area contributed by atoms with E-state index in [1.165, 1.54) is 30.5 Å². The van der Waals surface area contributed by atoms with Gasteiger partial charge in [-0.15, -0.1) is 0 Å². The molecule has 196 valence electrons. The molecule has 0 amide bonds. The van der Waals surface area contributed by atoms with Crippen molar-refractivity contribution in [2.75, 3.05) is 0 Å². The zero-order valence-corrected chi connectivity index (χ0v) is 22.2. The Bertz CT molecular complexity index is 1430. The zero-order chi connectivity index (χ0) is 28.0. The van der Waals surface area contributed by atoms with Gasteiger partial charge in [-0.2, -0.15) is 0 Å². The van der Waals surface area contributed by atoms with Crippen LogP contribution in [0.5, 0.6) is 23.0 Å². The fourth-order valence-electron chi connectivity index (χ4n) is 4.33. The SMILES string of the molecule is C/C=C(/c1ccc(-c2ccc(-c3c(O)c(O)c(C)c(O)c3O)cc2)cc1)c1ccccc1CC.C=C(C)O. The van der Waals surface area contributed by atoms with Gasteiger partial charge in [-0.25, -0.2) is 0 Å². The van der Waals surface area contributed by atoms with Gasteiger partial charge in [0, 0.05) is 5.56 Å². The van der Waals surface area contributed by atoms with E-state index < -0.39 is 23.0 Å². The van der Waals surface area contributed by atoms with Crippen LogP contribution in [0.4, 0.5) is 0 Å². The van der Waals surface area contributed by atoms with E-state index in [1.807, 2.05) is 12.1 Å². The fraction of sp³-hybridized carbons (Fsp3) is 0.152. The van der Waals surface area contributed by atoms with E-state index in [-0.39, 0.29) is 16.9 Å². The summed E-state index contributed by atoms with van der Waals surface area (Å²) in [6.07, 6.45) is 3.11. The molecule has 0 aliphatic rings. The van der Waals surface area contributed by atoms with E-state index in [0.717, 1.165) is 23.1 Å². The van der Waals surface area contributed by atoms with Crippen LogP contribution in [-0.4, -0.2) is 25.5 Å². The molecule has 0 aliphatic carbocycles. The molecule has 0 fully saturated rings. The van der Waals surface area contributed by atoms with Gasteiger partial charge in [-0.3, -0.25) is 0 Å². The number of phenols is 4. The van der Waals surface area contributed by atoms with Gasteiger partial charge in [0.2, 0.25) is 0 Å². The molecule has 4 rings (SSSR count).